The second-order valence-corrected chi connectivity index (χ2v) is 5.22. The summed E-state index contributed by atoms with van der Waals surface area (Å²) >= 11 is 0. The molecule has 21 heavy (non-hydrogen) atoms. The molecule has 1 aliphatic carbocycles. The molecule has 0 radical (unpaired) electrons. The van der Waals surface area contributed by atoms with Crippen molar-refractivity contribution in [3.63, 3.8) is 0 Å². The van der Waals surface area contributed by atoms with E-state index in [4.69, 9.17) is 16.0 Å². The Morgan fingerprint density at radius 3 is 3.00 bits per heavy atom. The van der Waals surface area contributed by atoms with Crippen LogP contribution in [0.1, 0.15) is 11.3 Å². The molecule has 2 aromatic heterocycles. The summed E-state index contributed by atoms with van der Waals surface area (Å²) in [6.45, 7) is 0.253. The van der Waals surface area contributed by atoms with Gasteiger partial charge in [0, 0.05) is 17.1 Å². The van der Waals surface area contributed by atoms with Crippen molar-refractivity contribution in [2.24, 2.45) is 0 Å². The van der Waals surface area contributed by atoms with Gasteiger partial charge in [-0.05, 0) is 24.5 Å². The Labute approximate surface area is 121 Å². The number of aromatic nitrogens is 3. The van der Waals surface area contributed by atoms with E-state index in [2.05, 4.69) is 11.2 Å². The number of benzene rings is 1. The number of anilines is 1. The number of nitrogen functional groups attached to an aromatic ring is 1. The van der Waals surface area contributed by atoms with Crippen molar-refractivity contribution in [2.45, 2.75) is 19.4 Å². The average molecular weight is 275 g/mol. The van der Waals surface area contributed by atoms with Crippen LogP contribution in [0.25, 0.3) is 22.2 Å². The molecule has 0 spiro atoms. The molecule has 0 saturated carbocycles. The number of nitrogens with zero attached hydrogens (tertiary/aromatic N) is 4. The van der Waals surface area contributed by atoms with E-state index < -0.39 is 0 Å². The van der Waals surface area contributed by atoms with E-state index in [0.29, 0.717) is 0 Å². The lowest BCUT2D eigenvalue weighted by molar-refractivity contribution is 0.712. The molecule has 4 rings (SSSR count). The van der Waals surface area contributed by atoms with Crippen molar-refractivity contribution in [1.82, 2.24) is 14.8 Å². The molecule has 5 nitrogen and oxygen atoms in total. The molecule has 0 saturated heterocycles. The molecule has 102 valence electrons. The fraction of sp³-hybridized carbons (Fsp3) is 0.188. The maximum Gasteiger partial charge on any atom is 0.128 e. The van der Waals surface area contributed by atoms with Gasteiger partial charge in [0.15, 0.2) is 0 Å². The summed E-state index contributed by atoms with van der Waals surface area (Å²) in [6.07, 6.45) is 3.68. The van der Waals surface area contributed by atoms with Gasteiger partial charge in [0.25, 0.3) is 0 Å². The molecular weight excluding hydrogens is 262 g/mol. The van der Waals surface area contributed by atoms with E-state index in [9.17, 15) is 0 Å². The third-order valence-corrected chi connectivity index (χ3v) is 3.95. The van der Waals surface area contributed by atoms with Crippen LogP contribution in [0.3, 0.4) is 0 Å². The van der Waals surface area contributed by atoms with Gasteiger partial charge in [0.05, 0.1) is 28.7 Å². The maximum atomic E-state index is 8.82. The molecule has 0 aliphatic heterocycles. The first-order chi connectivity index (χ1) is 10.3. The zero-order valence-electron chi connectivity index (χ0n) is 11.4. The second-order valence-electron chi connectivity index (χ2n) is 5.22. The van der Waals surface area contributed by atoms with Gasteiger partial charge in [0.1, 0.15) is 6.54 Å². The van der Waals surface area contributed by atoms with E-state index >= 15 is 0 Å². The molecule has 0 unspecified atom stereocenters. The number of nitriles is 1. The van der Waals surface area contributed by atoms with Crippen molar-refractivity contribution >= 4 is 16.6 Å². The van der Waals surface area contributed by atoms with Gasteiger partial charge < -0.3 is 5.73 Å². The summed E-state index contributed by atoms with van der Waals surface area (Å²) in [4.78, 5) is 4.74. The quantitative estimate of drug-likeness (QED) is 0.739. The van der Waals surface area contributed by atoms with Gasteiger partial charge in [-0.2, -0.15) is 10.4 Å². The van der Waals surface area contributed by atoms with E-state index in [0.717, 1.165) is 51.9 Å². The third-order valence-electron chi connectivity index (χ3n) is 3.95. The molecule has 0 fully saturated rings. The molecule has 0 amide bonds. The normalized spacial score (nSPS) is 12.7. The highest BCUT2D eigenvalue weighted by Crippen LogP contribution is 2.38. The number of fused-ring (bicyclic) bond motifs is 4. The van der Waals surface area contributed by atoms with Gasteiger partial charge in [0.2, 0.25) is 0 Å². The lowest BCUT2D eigenvalue weighted by atomic mass is 9.91. The Bertz CT molecular complexity index is 901. The first kappa shape index (κ1) is 11.9. The fourth-order valence-electron chi connectivity index (χ4n) is 3.00. The molecule has 1 aliphatic rings. The van der Waals surface area contributed by atoms with Crippen LogP contribution in [-0.4, -0.2) is 14.8 Å². The highest BCUT2D eigenvalue weighted by atomic mass is 15.3. The monoisotopic (exact) mass is 275 g/mol. The lowest BCUT2D eigenvalue weighted by Crippen LogP contribution is -2.08. The molecule has 2 heterocycles. The van der Waals surface area contributed by atoms with Crippen LogP contribution in [0, 0.1) is 11.3 Å². The minimum Gasteiger partial charge on any atom is -0.398 e. The SMILES string of the molecule is N#CCn1cc2c(n1)-c1c(nc3ccccc3c1N)CC2. The summed E-state index contributed by atoms with van der Waals surface area (Å²) in [6, 6.07) is 10.0. The van der Waals surface area contributed by atoms with Crippen molar-refractivity contribution < 1.29 is 0 Å². The van der Waals surface area contributed by atoms with Gasteiger partial charge in [-0.15, -0.1) is 0 Å². The number of aryl methyl sites for hydroxylation is 2. The first-order valence-corrected chi connectivity index (χ1v) is 6.88. The molecule has 2 N–H and O–H groups in total. The van der Waals surface area contributed by atoms with Crippen LogP contribution < -0.4 is 5.73 Å². The predicted octanol–water partition coefficient (Wildman–Crippen LogP) is 2.30. The predicted molar refractivity (Wildman–Crippen MR) is 80.4 cm³/mol. The summed E-state index contributed by atoms with van der Waals surface area (Å²) in [5, 5.41) is 14.3. The molecule has 0 bridgehead atoms. The Hall–Kier alpha value is -2.87. The van der Waals surface area contributed by atoms with Gasteiger partial charge in [-0.1, -0.05) is 18.2 Å². The van der Waals surface area contributed by atoms with Crippen molar-refractivity contribution in [2.75, 3.05) is 5.73 Å². The van der Waals surface area contributed by atoms with E-state index in [1.54, 1.807) is 4.68 Å². The molecule has 1 aromatic carbocycles. The maximum absolute atomic E-state index is 8.82. The average Bonchev–Trinajstić information content (AvgIpc) is 2.90. The van der Waals surface area contributed by atoms with Gasteiger partial charge in [-0.3, -0.25) is 9.67 Å². The highest BCUT2D eigenvalue weighted by Gasteiger charge is 2.24. The van der Waals surface area contributed by atoms with Gasteiger partial charge >= 0.3 is 0 Å². The van der Waals surface area contributed by atoms with E-state index in [1.165, 1.54) is 0 Å². The number of nitrogens with two attached hydrogens (primary N) is 1. The highest BCUT2D eigenvalue weighted by molar-refractivity contribution is 5.99. The second kappa shape index (κ2) is 4.32. The molecule has 0 atom stereocenters. The van der Waals surface area contributed by atoms with Crippen molar-refractivity contribution in [1.29, 1.82) is 5.26 Å². The standard InChI is InChI=1S/C16H13N5/c17-7-8-21-9-10-5-6-13-14(16(10)20-21)15(18)11-3-1-2-4-12(11)19-13/h1-4,9H,5-6,8H2,(H2,18,19). The number of para-hydroxylation sites is 1. The van der Waals surface area contributed by atoms with Crippen LogP contribution in [0.2, 0.25) is 0 Å². The molecular formula is C16H13N5. The van der Waals surface area contributed by atoms with E-state index in [-0.39, 0.29) is 6.54 Å². The minimum absolute atomic E-state index is 0.253. The summed E-state index contributed by atoms with van der Waals surface area (Å²) < 4.78 is 1.67. The first-order valence-electron chi connectivity index (χ1n) is 6.88. The zero-order chi connectivity index (χ0) is 14.4. The van der Waals surface area contributed by atoms with Crippen molar-refractivity contribution in [3.05, 3.63) is 41.7 Å². The summed E-state index contributed by atoms with van der Waals surface area (Å²) in [5.41, 5.74) is 12.0. The lowest BCUT2D eigenvalue weighted by Gasteiger charge is -2.17. The summed E-state index contributed by atoms with van der Waals surface area (Å²) in [5.74, 6) is 0. The Morgan fingerprint density at radius 2 is 2.14 bits per heavy atom. The fourth-order valence-corrected chi connectivity index (χ4v) is 3.00. The number of hydrogen-bond acceptors (Lipinski definition) is 4. The summed E-state index contributed by atoms with van der Waals surface area (Å²) in [7, 11) is 0. The van der Waals surface area contributed by atoms with Crippen LogP contribution in [0.5, 0.6) is 0 Å². The molecule has 5 heteroatoms. The Balaban J connectivity index is 2.01. The topological polar surface area (TPSA) is 80.5 Å². The molecule has 3 aromatic rings. The number of rotatable bonds is 1. The van der Waals surface area contributed by atoms with Crippen molar-refractivity contribution in [3.8, 4) is 17.3 Å². The smallest absolute Gasteiger partial charge is 0.128 e. The van der Waals surface area contributed by atoms with Gasteiger partial charge in [-0.25, -0.2) is 0 Å². The van der Waals surface area contributed by atoms with Crippen LogP contribution in [0.4, 0.5) is 5.69 Å². The Kier molecular flexibility index (Phi) is 2.45. The van der Waals surface area contributed by atoms with Crippen LogP contribution >= 0.6 is 0 Å². The minimum atomic E-state index is 0.253. The zero-order valence-corrected chi connectivity index (χ0v) is 11.4. The number of hydrogen-bond donors (Lipinski definition) is 1. The number of pyridine rings is 1. The van der Waals surface area contributed by atoms with Crippen LogP contribution in [-0.2, 0) is 19.4 Å². The van der Waals surface area contributed by atoms with Crippen LogP contribution in [0.15, 0.2) is 30.5 Å². The Morgan fingerprint density at radius 1 is 1.29 bits per heavy atom. The van der Waals surface area contributed by atoms with E-state index in [1.807, 2.05) is 30.5 Å². The largest absolute Gasteiger partial charge is 0.398 e. The third kappa shape index (κ3) is 1.69.